The molecule has 0 aliphatic carbocycles. The largest absolute Gasteiger partial charge is 0.493 e. The Balaban J connectivity index is 2.36. The quantitative estimate of drug-likeness (QED) is 0.466. The van der Waals surface area contributed by atoms with Gasteiger partial charge in [-0.05, 0) is 30.6 Å². The SMILES string of the molecule is C=C1C[C@@H](CO[Si](C)(C)C(C)(C)C)N(C(=O)c2cc(OC)c(OC)cc2NC(=O)O)C1. The van der Waals surface area contributed by atoms with E-state index in [1.807, 2.05) is 0 Å². The normalized spacial score (nSPS) is 16.9. The Hall–Kier alpha value is -2.52. The van der Waals surface area contributed by atoms with Crippen molar-refractivity contribution in [3.63, 3.8) is 0 Å². The lowest BCUT2D eigenvalue weighted by atomic mass is 10.1. The third-order valence-corrected chi connectivity index (χ3v) is 10.6. The molecule has 1 aromatic carbocycles. The van der Waals surface area contributed by atoms with Crippen LogP contribution in [0.2, 0.25) is 18.1 Å². The van der Waals surface area contributed by atoms with Gasteiger partial charge < -0.3 is 23.9 Å². The first-order valence-electron chi connectivity index (χ1n) is 10.2. The first-order valence-corrected chi connectivity index (χ1v) is 13.1. The number of carbonyl (C=O) groups is 2. The van der Waals surface area contributed by atoms with E-state index in [1.165, 1.54) is 26.4 Å². The summed E-state index contributed by atoms with van der Waals surface area (Å²) in [5.74, 6) is 0.354. The van der Waals surface area contributed by atoms with Gasteiger partial charge >= 0.3 is 6.09 Å². The third-order valence-electron chi connectivity index (χ3n) is 6.06. The van der Waals surface area contributed by atoms with Crippen LogP contribution in [0.4, 0.5) is 10.5 Å². The predicted octanol–water partition coefficient (Wildman–Crippen LogP) is 4.59. The number of nitrogens with one attached hydrogen (secondary N) is 1. The Kier molecular flexibility index (Phi) is 7.43. The number of methoxy groups -OCH3 is 2. The molecule has 1 aliphatic heterocycles. The highest BCUT2D eigenvalue weighted by atomic mass is 28.4. The van der Waals surface area contributed by atoms with Crippen molar-refractivity contribution in [2.75, 3.05) is 32.7 Å². The number of carbonyl (C=O) groups excluding carboxylic acids is 1. The Bertz CT molecular complexity index is 862. The summed E-state index contributed by atoms with van der Waals surface area (Å²) in [6.07, 6.45) is -0.625. The van der Waals surface area contributed by atoms with Crippen LogP contribution in [0.1, 0.15) is 37.6 Å². The van der Waals surface area contributed by atoms with Crippen LogP contribution >= 0.6 is 0 Å². The zero-order valence-corrected chi connectivity index (χ0v) is 20.5. The maximum Gasteiger partial charge on any atom is 0.409 e. The van der Waals surface area contributed by atoms with Gasteiger partial charge in [0, 0.05) is 12.6 Å². The van der Waals surface area contributed by atoms with Crippen LogP contribution in [0, 0.1) is 0 Å². The van der Waals surface area contributed by atoms with Crippen molar-refractivity contribution < 1.29 is 28.6 Å². The summed E-state index contributed by atoms with van der Waals surface area (Å²) in [6, 6.07) is 2.78. The smallest absolute Gasteiger partial charge is 0.409 e. The number of hydrogen-bond acceptors (Lipinski definition) is 5. The van der Waals surface area contributed by atoms with E-state index < -0.39 is 14.4 Å². The van der Waals surface area contributed by atoms with Crippen molar-refractivity contribution >= 4 is 26.0 Å². The van der Waals surface area contributed by atoms with Gasteiger partial charge in [0.2, 0.25) is 0 Å². The van der Waals surface area contributed by atoms with E-state index in [4.69, 9.17) is 13.9 Å². The molecule has 31 heavy (non-hydrogen) atoms. The maximum absolute atomic E-state index is 13.5. The van der Waals surface area contributed by atoms with Crippen molar-refractivity contribution in [3.8, 4) is 11.5 Å². The van der Waals surface area contributed by atoms with Gasteiger partial charge in [0.25, 0.3) is 5.91 Å². The van der Waals surface area contributed by atoms with Crippen LogP contribution < -0.4 is 14.8 Å². The topological polar surface area (TPSA) is 97.3 Å². The molecule has 172 valence electrons. The number of ether oxygens (including phenoxy) is 2. The first-order chi connectivity index (χ1) is 14.3. The van der Waals surface area contributed by atoms with E-state index in [1.54, 1.807) is 4.90 Å². The van der Waals surface area contributed by atoms with Crippen LogP contribution in [0.15, 0.2) is 24.3 Å². The molecule has 1 saturated heterocycles. The zero-order chi connectivity index (χ0) is 23.6. The van der Waals surface area contributed by atoms with E-state index in [0.29, 0.717) is 31.1 Å². The molecule has 1 heterocycles. The lowest BCUT2D eigenvalue weighted by molar-refractivity contribution is 0.0686. The molecule has 0 saturated carbocycles. The molecule has 1 atom stereocenters. The molecule has 2 N–H and O–H groups in total. The summed E-state index contributed by atoms with van der Waals surface area (Å²) < 4.78 is 16.9. The number of carboxylic acid groups (broad SMARTS) is 1. The minimum Gasteiger partial charge on any atom is -0.493 e. The van der Waals surface area contributed by atoms with Gasteiger partial charge in [-0.1, -0.05) is 32.9 Å². The van der Waals surface area contributed by atoms with Gasteiger partial charge in [0.05, 0.1) is 38.1 Å². The molecule has 0 unspecified atom stereocenters. The lowest BCUT2D eigenvalue weighted by Crippen LogP contribution is -2.46. The second-order valence-corrected chi connectivity index (χ2v) is 14.1. The minimum absolute atomic E-state index is 0.0549. The molecule has 2 amide bonds. The molecular weight excluding hydrogens is 416 g/mol. The van der Waals surface area contributed by atoms with E-state index in [0.717, 1.165) is 5.57 Å². The van der Waals surface area contributed by atoms with Crippen LogP contribution in [0.5, 0.6) is 11.5 Å². The van der Waals surface area contributed by atoms with Crippen LogP contribution in [-0.4, -0.2) is 63.7 Å². The number of likely N-dealkylation sites (tertiary alicyclic amines) is 1. The van der Waals surface area contributed by atoms with Crippen molar-refractivity contribution in [1.82, 2.24) is 4.90 Å². The highest BCUT2D eigenvalue weighted by molar-refractivity contribution is 6.74. The summed E-state index contributed by atoms with van der Waals surface area (Å²) in [5, 5.41) is 11.6. The van der Waals surface area contributed by atoms with Gasteiger partial charge in [0.1, 0.15) is 0 Å². The third kappa shape index (κ3) is 5.59. The van der Waals surface area contributed by atoms with Gasteiger partial charge in [-0.15, -0.1) is 0 Å². The fourth-order valence-corrected chi connectivity index (χ4v) is 4.26. The number of hydrogen-bond donors (Lipinski definition) is 2. The second kappa shape index (κ2) is 9.31. The van der Waals surface area contributed by atoms with Gasteiger partial charge in [-0.3, -0.25) is 10.1 Å². The maximum atomic E-state index is 13.5. The number of anilines is 1. The molecular formula is C22H34N2O6Si. The van der Waals surface area contributed by atoms with Crippen LogP contribution in [-0.2, 0) is 4.43 Å². The lowest BCUT2D eigenvalue weighted by Gasteiger charge is -2.38. The highest BCUT2D eigenvalue weighted by Crippen LogP contribution is 2.38. The fourth-order valence-electron chi connectivity index (χ4n) is 3.21. The van der Waals surface area contributed by atoms with Crippen molar-refractivity contribution in [2.24, 2.45) is 0 Å². The molecule has 2 rings (SSSR count). The van der Waals surface area contributed by atoms with Gasteiger partial charge in [-0.2, -0.15) is 0 Å². The number of benzene rings is 1. The molecule has 0 aromatic heterocycles. The molecule has 8 nitrogen and oxygen atoms in total. The summed E-state index contributed by atoms with van der Waals surface area (Å²) >= 11 is 0. The fraction of sp³-hybridized carbons (Fsp3) is 0.545. The van der Waals surface area contributed by atoms with E-state index in [-0.39, 0.29) is 28.2 Å². The second-order valence-electron chi connectivity index (χ2n) is 9.30. The van der Waals surface area contributed by atoms with Gasteiger partial charge in [0.15, 0.2) is 19.8 Å². The predicted molar refractivity (Wildman–Crippen MR) is 123 cm³/mol. The Morgan fingerprint density at radius 3 is 2.32 bits per heavy atom. The molecule has 1 aromatic rings. The number of nitrogens with zero attached hydrogens (tertiary/aromatic N) is 1. The summed E-state index contributed by atoms with van der Waals surface area (Å²) in [4.78, 5) is 26.5. The Morgan fingerprint density at radius 2 is 1.81 bits per heavy atom. The molecule has 1 fully saturated rings. The van der Waals surface area contributed by atoms with Crippen molar-refractivity contribution in [3.05, 3.63) is 29.8 Å². The molecule has 0 bridgehead atoms. The average molecular weight is 451 g/mol. The average Bonchev–Trinajstić information content (AvgIpc) is 3.04. The molecule has 9 heteroatoms. The molecule has 1 aliphatic rings. The number of amides is 2. The van der Waals surface area contributed by atoms with Crippen LogP contribution in [0.3, 0.4) is 0 Å². The summed E-state index contributed by atoms with van der Waals surface area (Å²) in [5.41, 5.74) is 1.26. The van der Waals surface area contributed by atoms with Crippen LogP contribution in [0.25, 0.3) is 0 Å². The molecule has 0 spiro atoms. The van der Waals surface area contributed by atoms with Gasteiger partial charge in [-0.25, -0.2) is 4.79 Å². The monoisotopic (exact) mass is 450 g/mol. The Labute approximate surface area is 185 Å². The van der Waals surface area contributed by atoms with E-state index in [2.05, 4.69) is 45.8 Å². The number of rotatable bonds is 7. The highest BCUT2D eigenvalue weighted by Gasteiger charge is 2.40. The van der Waals surface area contributed by atoms with Crippen molar-refractivity contribution in [2.45, 2.75) is 51.4 Å². The summed E-state index contributed by atoms with van der Waals surface area (Å²) in [7, 11) is 0.917. The van der Waals surface area contributed by atoms with E-state index in [9.17, 15) is 14.7 Å². The minimum atomic E-state index is -1.99. The van der Waals surface area contributed by atoms with Crippen molar-refractivity contribution in [1.29, 1.82) is 0 Å². The molecule has 0 radical (unpaired) electrons. The Morgan fingerprint density at radius 1 is 1.23 bits per heavy atom. The summed E-state index contributed by atoms with van der Waals surface area (Å²) in [6.45, 7) is 15.7. The first kappa shape index (κ1) is 24.7. The van der Waals surface area contributed by atoms with E-state index >= 15 is 0 Å². The standard InChI is InChI=1S/C22H34N2O6Si/c1-14-9-15(13-30-31(7,8)22(2,3)4)24(12-14)20(25)16-10-18(28-5)19(29-6)11-17(16)23-21(26)27/h10-11,15,23H,1,9,12-13H2,2-8H3,(H,26,27)/t15-/m0/s1. The zero-order valence-electron chi connectivity index (χ0n) is 19.5.